The number of para-hydroxylation sites is 1. The van der Waals surface area contributed by atoms with Crippen LogP contribution in [0.4, 0.5) is 4.39 Å². The standard InChI is InChI=1S/C22H23FN4O3/c1-2-30-22(29)16-8-7-13-26(15-16)21(28)17-14-24-27(19-10-4-3-9-18(19)23)20(17)25-11-5-6-12-25/h3-6,9-12,14,16H,2,7-8,13,15H2,1H3/t16-/m1/s1. The molecule has 1 atom stereocenters. The second kappa shape index (κ2) is 8.52. The maximum atomic E-state index is 14.5. The molecule has 0 saturated carbocycles. The van der Waals surface area contributed by atoms with Crippen LogP contribution in [0.25, 0.3) is 11.5 Å². The molecule has 7 nitrogen and oxygen atoms in total. The van der Waals surface area contributed by atoms with Crippen LogP contribution in [-0.2, 0) is 9.53 Å². The van der Waals surface area contributed by atoms with E-state index in [0.717, 1.165) is 6.42 Å². The number of esters is 1. The fraction of sp³-hybridized carbons (Fsp3) is 0.318. The van der Waals surface area contributed by atoms with Gasteiger partial charge in [0.15, 0.2) is 5.82 Å². The highest BCUT2D eigenvalue weighted by molar-refractivity contribution is 5.97. The van der Waals surface area contributed by atoms with Gasteiger partial charge in [-0.25, -0.2) is 9.07 Å². The van der Waals surface area contributed by atoms with Crippen LogP contribution in [0.3, 0.4) is 0 Å². The normalized spacial score (nSPS) is 16.5. The molecule has 8 heteroatoms. The summed E-state index contributed by atoms with van der Waals surface area (Å²) < 4.78 is 22.8. The molecule has 1 saturated heterocycles. The monoisotopic (exact) mass is 410 g/mol. The van der Waals surface area contributed by atoms with E-state index in [1.54, 1.807) is 47.0 Å². The van der Waals surface area contributed by atoms with Crippen LogP contribution < -0.4 is 0 Å². The molecule has 3 heterocycles. The summed E-state index contributed by atoms with van der Waals surface area (Å²) in [6, 6.07) is 9.94. The SMILES string of the molecule is CCOC(=O)[C@@H]1CCCN(C(=O)c2cnn(-c3ccccc3F)c2-n2cccc2)C1. The van der Waals surface area contributed by atoms with Gasteiger partial charge in [-0.2, -0.15) is 5.10 Å². The van der Waals surface area contributed by atoms with Gasteiger partial charge in [0.05, 0.1) is 18.7 Å². The third kappa shape index (κ3) is 3.72. The highest BCUT2D eigenvalue weighted by Crippen LogP contribution is 2.25. The van der Waals surface area contributed by atoms with Gasteiger partial charge in [0.2, 0.25) is 0 Å². The summed E-state index contributed by atoms with van der Waals surface area (Å²) in [5.74, 6) is -0.834. The predicted molar refractivity (Wildman–Crippen MR) is 108 cm³/mol. The van der Waals surface area contributed by atoms with Crippen molar-refractivity contribution in [1.82, 2.24) is 19.2 Å². The predicted octanol–water partition coefficient (Wildman–Crippen LogP) is 3.22. The van der Waals surface area contributed by atoms with E-state index >= 15 is 0 Å². The van der Waals surface area contributed by atoms with Gasteiger partial charge in [0.1, 0.15) is 17.1 Å². The summed E-state index contributed by atoms with van der Waals surface area (Å²) in [5.41, 5.74) is 0.599. The Labute approximate surface area is 173 Å². The van der Waals surface area contributed by atoms with Gasteiger partial charge in [0, 0.05) is 25.5 Å². The van der Waals surface area contributed by atoms with Crippen LogP contribution in [0.1, 0.15) is 30.1 Å². The van der Waals surface area contributed by atoms with Gasteiger partial charge in [-0.1, -0.05) is 12.1 Å². The average Bonchev–Trinajstić information content (AvgIpc) is 3.43. The molecule has 4 rings (SSSR count). The second-order valence-electron chi connectivity index (χ2n) is 7.18. The van der Waals surface area contributed by atoms with E-state index in [2.05, 4.69) is 5.10 Å². The van der Waals surface area contributed by atoms with Gasteiger partial charge in [-0.3, -0.25) is 9.59 Å². The number of carbonyl (C=O) groups excluding carboxylic acids is 2. The number of amides is 1. The molecule has 0 radical (unpaired) electrons. The van der Waals surface area contributed by atoms with Crippen molar-refractivity contribution in [3.63, 3.8) is 0 Å². The van der Waals surface area contributed by atoms with E-state index in [1.807, 2.05) is 12.1 Å². The number of benzene rings is 1. The van der Waals surface area contributed by atoms with Crippen LogP contribution in [0.2, 0.25) is 0 Å². The maximum absolute atomic E-state index is 14.5. The van der Waals surface area contributed by atoms with Crippen LogP contribution in [0, 0.1) is 11.7 Å². The van der Waals surface area contributed by atoms with E-state index < -0.39 is 5.82 Å². The maximum Gasteiger partial charge on any atom is 0.310 e. The molecule has 3 aromatic rings. The molecular weight excluding hydrogens is 387 g/mol. The summed E-state index contributed by atoms with van der Waals surface area (Å²) in [5, 5.41) is 4.32. The van der Waals surface area contributed by atoms with E-state index in [-0.39, 0.29) is 23.5 Å². The van der Waals surface area contributed by atoms with Crippen molar-refractivity contribution in [1.29, 1.82) is 0 Å². The molecule has 1 amide bonds. The Hall–Kier alpha value is -3.42. The van der Waals surface area contributed by atoms with Crippen LogP contribution >= 0.6 is 0 Å². The van der Waals surface area contributed by atoms with Crippen molar-refractivity contribution in [3.05, 3.63) is 66.4 Å². The molecule has 1 aromatic carbocycles. The highest BCUT2D eigenvalue weighted by atomic mass is 19.1. The fourth-order valence-corrected chi connectivity index (χ4v) is 3.80. The second-order valence-corrected chi connectivity index (χ2v) is 7.18. The molecule has 0 bridgehead atoms. The topological polar surface area (TPSA) is 69.4 Å². The summed E-state index contributed by atoms with van der Waals surface area (Å²) >= 11 is 0. The summed E-state index contributed by atoms with van der Waals surface area (Å²) in [6.45, 7) is 2.93. The minimum Gasteiger partial charge on any atom is -0.466 e. The number of hydrogen-bond acceptors (Lipinski definition) is 4. The van der Waals surface area contributed by atoms with Crippen molar-refractivity contribution in [3.8, 4) is 11.5 Å². The van der Waals surface area contributed by atoms with Crippen LogP contribution in [0.15, 0.2) is 55.0 Å². The molecule has 0 aliphatic carbocycles. The third-order valence-electron chi connectivity index (χ3n) is 5.23. The van der Waals surface area contributed by atoms with Gasteiger partial charge < -0.3 is 14.2 Å². The van der Waals surface area contributed by atoms with E-state index in [0.29, 0.717) is 37.5 Å². The number of likely N-dealkylation sites (tertiary alicyclic amines) is 1. The van der Waals surface area contributed by atoms with Gasteiger partial charge >= 0.3 is 5.97 Å². The molecule has 156 valence electrons. The summed E-state index contributed by atoms with van der Waals surface area (Å²) in [6.07, 6.45) is 6.43. The number of piperidine rings is 1. The van der Waals surface area contributed by atoms with Crippen molar-refractivity contribution in [2.75, 3.05) is 19.7 Å². The van der Waals surface area contributed by atoms with Crippen molar-refractivity contribution in [2.24, 2.45) is 5.92 Å². The zero-order valence-electron chi connectivity index (χ0n) is 16.7. The van der Waals surface area contributed by atoms with Crippen LogP contribution in [0.5, 0.6) is 0 Å². The average molecular weight is 410 g/mol. The minimum absolute atomic E-state index is 0.240. The quantitative estimate of drug-likeness (QED) is 0.606. The largest absolute Gasteiger partial charge is 0.466 e. The first-order valence-electron chi connectivity index (χ1n) is 10.0. The fourth-order valence-electron chi connectivity index (χ4n) is 3.80. The van der Waals surface area contributed by atoms with Crippen molar-refractivity contribution >= 4 is 11.9 Å². The Morgan fingerprint density at radius 3 is 2.70 bits per heavy atom. The zero-order valence-corrected chi connectivity index (χ0v) is 16.7. The zero-order chi connectivity index (χ0) is 21.1. The summed E-state index contributed by atoms with van der Waals surface area (Å²) in [4.78, 5) is 27.2. The Morgan fingerprint density at radius 2 is 1.97 bits per heavy atom. The first-order valence-corrected chi connectivity index (χ1v) is 10.0. The van der Waals surface area contributed by atoms with E-state index in [1.165, 1.54) is 16.9 Å². The Balaban J connectivity index is 1.70. The van der Waals surface area contributed by atoms with Crippen molar-refractivity contribution in [2.45, 2.75) is 19.8 Å². The first-order chi connectivity index (χ1) is 14.6. The number of nitrogens with zero attached hydrogens (tertiary/aromatic N) is 4. The van der Waals surface area contributed by atoms with Crippen LogP contribution in [-0.4, -0.2) is 50.8 Å². The van der Waals surface area contributed by atoms with Gasteiger partial charge in [-0.15, -0.1) is 0 Å². The Kier molecular flexibility index (Phi) is 5.65. The number of ether oxygens (including phenoxy) is 1. The third-order valence-corrected chi connectivity index (χ3v) is 5.23. The van der Waals surface area contributed by atoms with Gasteiger partial charge in [0.25, 0.3) is 5.91 Å². The van der Waals surface area contributed by atoms with Crippen molar-refractivity contribution < 1.29 is 18.7 Å². The lowest BCUT2D eigenvalue weighted by molar-refractivity contribution is -0.149. The van der Waals surface area contributed by atoms with E-state index in [9.17, 15) is 14.0 Å². The Bertz CT molecular complexity index is 1040. The molecule has 1 aliphatic heterocycles. The molecule has 0 spiro atoms. The lowest BCUT2D eigenvalue weighted by Gasteiger charge is -2.31. The Morgan fingerprint density at radius 1 is 1.20 bits per heavy atom. The smallest absolute Gasteiger partial charge is 0.310 e. The molecule has 1 aliphatic rings. The molecule has 30 heavy (non-hydrogen) atoms. The molecule has 1 fully saturated rings. The highest BCUT2D eigenvalue weighted by Gasteiger charge is 2.32. The number of hydrogen-bond donors (Lipinski definition) is 0. The lowest BCUT2D eigenvalue weighted by atomic mass is 9.97. The van der Waals surface area contributed by atoms with E-state index in [4.69, 9.17) is 4.74 Å². The molecular formula is C22H23FN4O3. The number of halogens is 1. The molecule has 0 unspecified atom stereocenters. The first kappa shape index (κ1) is 19.9. The molecule has 0 N–H and O–H groups in total. The molecule has 2 aromatic heterocycles. The van der Waals surface area contributed by atoms with Gasteiger partial charge in [-0.05, 0) is 44.0 Å². The number of rotatable bonds is 5. The minimum atomic E-state index is -0.437. The number of aromatic nitrogens is 3. The summed E-state index contributed by atoms with van der Waals surface area (Å²) in [7, 11) is 0. The lowest BCUT2D eigenvalue weighted by Crippen LogP contribution is -2.43. The number of carbonyl (C=O) groups is 2.